The molecule has 1 aromatic carbocycles. The first kappa shape index (κ1) is 14.3. The number of hydrogen-bond acceptors (Lipinski definition) is 2. The van der Waals surface area contributed by atoms with Crippen molar-refractivity contribution >= 4 is 11.8 Å². The summed E-state index contributed by atoms with van der Waals surface area (Å²) < 4.78 is 0. The third kappa shape index (κ3) is 3.70. The van der Waals surface area contributed by atoms with E-state index in [1.54, 1.807) is 6.08 Å². The van der Waals surface area contributed by atoms with E-state index in [0.29, 0.717) is 19.5 Å². The van der Waals surface area contributed by atoms with Gasteiger partial charge in [0.1, 0.15) is 0 Å². The molecule has 0 saturated heterocycles. The van der Waals surface area contributed by atoms with Crippen LogP contribution in [0.15, 0.2) is 36.9 Å². The summed E-state index contributed by atoms with van der Waals surface area (Å²) in [5.74, 6) is -0.442. The highest BCUT2D eigenvalue weighted by atomic mass is 16.2. The maximum atomic E-state index is 11.9. The smallest absolute Gasteiger partial charge is 0.224 e. The highest BCUT2D eigenvalue weighted by Gasteiger charge is 2.47. The highest BCUT2D eigenvalue weighted by Crippen LogP contribution is 2.38. The first-order valence-corrected chi connectivity index (χ1v) is 6.83. The Bertz CT molecular complexity index is 525. The summed E-state index contributed by atoms with van der Waals surface area (Å²) >= 11 is 0. The van der Waals surface area contributed by atoms with E-state index in [4.69, 9.17) is 0 Å². The van der Waals surface area contributed by atoms with E-state index < -0.39 is 0 Å². The third-order valence-corrected chi connectivity index (χ3v) is 3.43. The number of amides is 2. The van der Waals surface area contributed by atoms with Gasteiger partial charge in [0, 0.05) is 13.1 Å². The van der Waals surface area contributed by atoms with Crippen LogP contribution < -0.4 is 10.6 Å². The monoisotopic (exact) mass is 272 g/mol. The van der Waals surface area contributed by atoms with Crippen LogP contribution in [-0.2, 0) is 16.1 Å². The summed E-state index contributed by atoms with van der Waals surface area (Å²) in [5.41, 5.74) is 2.25. The topological polar surface area (TPSA) is 58.2 Å². The Morgan fingerprint density at radius 2 is 2.00 bits per heavy atom. The van der Waals surface area contributed by atoms with Crippen LogP contribution in [-0.4, -0.2) is 18.4 Å². The van der Waals surface area contributed by atoms with Crippen LogP contribution in [0, 0.1) is 18.8 Å². The fourth-order valence-corrected chi connectivity index (χ4v) is 2.22. The number of rotatable bonds is 6. The van der Waals surface area contributed by atoms with Crippen LogP contribution in [0.25, 0.3) is 0 Å². The molecule has 0 aliphatic heterocycles. The second-order valence-corrected chi connectivity index (χ2v) is 5.19. The molecule has 2 amide bonds. The molecule has 4 heteroatoms. The maximum Gasteiger partial charge on any atom is 0.224 e. The lowest BCUT2D eigenvalue weighted by atomic mass is 10.1. The number of aryl methyl sites for hydroxylation is 1. The Hall–Kier alpha value is -2.10. The van der Waals surface area contributed by atoms with Gasteiger partial charge in [-0.3, -0.25) is 9.59 Å². The Morgan fingerprint density at radius 3 is 2.65 bits per heavy atom. The average Bonchev–Trinajstić information content (AvgIpc) is 3.23. The van der Waals surface area contributed by atoms with Crippen LogP contribution in [0.5, 0.6) is 0 Å². The van der Waals surface area contributed by atoms with Gasteiger partial charge < -0.3 is 10.6 Å². The fourth-order valence-electron chi connectivity index (χ4n) is 2.22. The molecular formula is C16H20N2O2. The van der Waals surface area contributed by atoms with Gasteiger partial charge in [0.25, 0.3) is 0 Å². The second-order valence-electron chi connectivity index (χ2n) is 5.19. The number of carbonyl (C=O) groups excluding carboxylic acids is 2. The average molecular weight is 272 g/mol. The zero-order chi connectivity index (χ0) is 14.5. The van der Waals surface area contributed by atoms with E-state index in [0.717, 1.165) is 5.56 Å². The first-order chi connectivity index (χ1) is 9.61. The van der Waals surface area contributed by atoms with Crippen molar-refractivity contribution in [2.75, 3.05) is 6.54 Å². The Labute approximate surface area is 119 Å². The number of carbonyl (C=O) groups is 2. The summed E-state index contributed by atoms with van der Waals surface area (Å²) in [5, 5.41) is 5.61. The minimum absolute atomic E-state index is 0.0368. The number of nitrogens with one attached hydrogen (secondary N) is 2. The van der Waals surface area contributed by atoms with Gasteiger partial charge in [0.2, 0.25) is 11.8 Å². The van der Waals surface area contributed by atoms with Gasteiger partial charge >= 0.3 is 0 Å². The molecule has 0 bridgehead atoms. The van der Waals surface area contributed by atoms with Gasteiger partial charge in [-0.15, -0.1) is 6.58 Å². The molecule has 2 N–H and O–H groups in total. The highest BCUT2D eigenvalue weighted by molar-refractivity contribution is 5.92. The Morgan fingerprint density at radius 1 is 1.30 bits per heavy atom. The lowest BCUT2D eigenvalue weighted by Gasteiger charge is -2.06. The molecule has 20 heavy (non-hydrogen) atoms. The van der Waals surface area contributed by atoms with Gasteiger partial charge in [0.15, 0.2) is 0 Å². The number of hydrogen-bond donors (Lipinski definition) is 2. The molecule has 0 radical (unpaired) electrons. The van der Waals surface area contributed by atoms with Crippen molar-refractivity contribution in [1.82, 2.24) is 10.6 Å². The molecule has 1 aromatic rings. The fraction of sp³-hybridized carbons (Fsp3) is 0.375. The van der Waals surface area contributed by atoms with E-state index >= 15 is 0 Å². The molecule has 1 saturated carbocycles. The molecule has 4 nitrogen and oxygen atoms in total. The second kappa shape index (κ2) is 6.37. The van der Waals surface area contributed by atoms with E-state index in [-0.39, 0.29) is 23.7 Å². The summed E-state index contributed by atoms with van der Waals surface area (Å²) in [6.07, 6.45) is 2.27. The van der Waals surface area contributed by atoms with E-state index in [2.05, 4.69) is 17.2 Å². The van der Waals surface area contributed by atoms with Gasteiger partial charge in [-0.05, 0) is 18.9 Å². The van der Waals surface area contributed by atoms with Crippen molar-refractivity contribution in [2.45, 2.75) is 19.9 Å². The van der Waals surface area contributed by atoms with Crippen LogP contribution in [0.3, 0.4) is 0 Å². The molecule has 0 aromatic heterocycles. The largest absolute Gasteiger partial charge is 0.352 e. The third-order valence-electron chi connectivity index (χ3n) is 3.43. The number of benzene rings is 1. The minimum Gasteiger partial charge on any atom is -0.352 e. The van der Waals surface area contributed by atoms with Crippen LogP contribution in [0.4, 0.5) is 0 Å². The summed E-state index contributed by atoms with van der Waals surface area (Å²) in [4.78, 5) is 23.6. The molecule has 1 fully saturated rings. The lowest BCUT2D eigenvalue weighted by Crippen LogP contribution is -2.30. The molecule has 1 aliphatic rings. The zero-order valence-corrected chi connectivity index (χ0v) is 11.7. The minimum atomic E-state index is -0.176. The van der Waals surface area contributed by atoms with Crippen molar-refractivity contribution < 1.29 is 9.59 Å². The van der Waals surface area contributed by atoms with Gasteiger partial charge in [0.05, 0.1) is 11.8 Å². The van der Waals surface area contributed by atoms with Crippen molar-refractivity contribution in [3.05, 3.63) is 48.0 Å². The summed E-state index contributed by atoms with van der Waals surface area (Å²) in [6, 6.07) is 8.02. The maximum absolute atomic E-state index is 11.9. The molecule has 0 spiro atoms. The van der Waals surface area contributed by atoms with E-state index in [1.807, 2.05) is 31.2 Å². The van der Waals surface area contributed by atoms with Gasteiger partial charge in [-0.1, -0.05) is 35.9 Å². The summed E-state index contributed by atoms with van der Waals surface area (Å²) in [7, 11) is 0. The van der Waals surface area contributed by atoms with Crippen LogP contribution in [0.1, 0.15) is 17.5 Å². The van der Waals surface area contributed by atoms with Crippen molar-refractivity contribution in [3.8, 4) is 0 Å². The molecule has 0 heterocycles. The zero-order valence-electron chi connectivity index (χ0n) is 11.7. The molecule has 106 valence electrons. The van der Waals surface area contributed by atoms with E-state index in [1.165, 1.54) is 5.56 Å². The van der Waals surface area contributed by atoms with Gasteiger partial charge in [-0.2, -0.15) is 0 Å². The Balaban J connectivity index is 1.77. The molecule has 2 atom stereocenters. The standard InChI is InChI=1S/C16H20N2O2/c1-3-7-17-15(19)13-9-14(13)16(20)18-10-12-6-4-5-11(2)8-12/h3-6,8,13-14H,1,7,9-10H2,2H3,(H,17,19)(H,18,20). The van der Waals surface area contributed by atoms with E-state index in [9.17, 15) is 9.59 Å². The Kier molecular flexibility index (Phi) is 4.56. The predicted molar refractivity (Wildman–Crippen MR) is 77.8 cm³/mol. The lowest BCUT2D eigenvalue weighted by molar-refractivity contribution is -0.127. The molecule has 2 unspecified atom stereocenters. The summed E-state index contributed by atoms with van der Waals surface area (Å²) in [6.45, 7) is 6.53. The van der Waals surface area contributed by atoms with Gasteiger partial charge in [-0.25, -0.2) is 0 Å². The SMILES string of the molecule is C=CCNC(=O)C1CC1C(=O)NCc1cccc(C)c1. The van der Waals surface area contributed by atoms with Crippen LogP contribution in [0.2, 0.25) is 0 Å². The predicted octanol–water partition coefficient (Wildman–Crippen LogP) is 1.55. The molecule has 1 aliphatic carbocycles. The van der Waals surface area contributed by atoms with Crippen molar-refractivity contribution in [1.29, 1.82) is 0 Å². The van der Waals surface area contributed by atoms with Crippen molar-refractivity contribution in [3.63, 3.8) is 0 Å². The molecule has 2 rings (SSSR count). The van der Waals surface area contributed by atoms with Crippen LogP contribution >= 0.6 is 0 Å². The van der Waals surface area contributed by atoms with Crippen molar-refractivity contribution in [2.24, 2.45) is 11.8 Å². The normalized spacial score (nSPS) is 20.1. The molecular weight excluding hydrogens is 252 g/mol. The quantitative estimate of drug-likeness (QED) is 0.772. The first-order valence-electron chi connectivity index (χ1n) is 6.83.